The van der Waals surface area contributed by atoms with Crippen LogP contribution in [0.15, 0.2) is 53.1 Å². The molecule has 0 bridgehead atoms. The van der Waals surface area contributed by atoms with Crippen LogP contribution in [0, 0.1) is 5.41 Å². The lowest BCUT2D eigenvalue weighted by Crippen LogP contribution is -2.38. The highest BCUT2D eigenvalue weighted by molar-refractivity contribution is 5.58. The standard InChI is InChI=1S/C20H25N/c1-20-14-8-7-13-18(20)16-11-5-6-12-17(16)19(20)21-15-9-3-2-4-10-15/h2-4,9-10,12,19,21H,5-8,11,13-14H2,1H3/t19-,20+/m1/s1. The molecular weight excluding hydrogens is 254 g/mol. The second-order valence-electron chi connectivity index (χ2n) is 7.08. The molecule has 3 aliphatic rings. The highest BCUT2D eigenvalue weighted by atomic mass is 15.0. The zero-order valence-corrected chi connectivity index (χ0v) is 13.0. The van der Waals surface area contributed by atoms with E-state index in [-0.39, 0.29) is 0 Å². The molecule has 1 nitrogen and oxygen atoms in total. The molecule has 110 valence electrons. The van der Waals surface area contributed by atoms with Gasteiger partial charge in [0.2, 0.25) is 0 Å². The molecule has 1 aromatic rings. The Morgan fingerprint density at radius 3 is 2.76 bits per heavy atom. The van der Waals surface area contributed by atoms with Crippen LogP contribution in [0.4, 0.5) is 5.69 Å². The van der Waals surface area contributed by atoms with Crippen molar-refractivity contribution in [3.8, 4) is 0 Å². The van der Waals surface area contributed by atoms with Gasteiger partial charge in [0.05, 0.1) is 6.04 Å². The van der Waals surface area contributed by atoms with E-state index in [0.717, 1.165) is 0 Å². The highest BCUT2D eigenvalue weighted by Gasteiger charge is 2.48. The minimum atomic E-state index is 0.347. The van der Waals surface area contributed by atoms with E-state index in [9.17, 15) is 0 Å². The van der Waals surface area contributed by atoms with Crippen LogP contribution in [-0.4, -0.2) is 6.04 Å². The Kier molecular flexibility index (Phi) is 3.17. The first kappa shape index (κ1) is 13.2. The smallest absolute Gasteiger partial charge is 0.0604 e. The van der Waals surface area contributed by atoms with Gasteiger partial charge in [0.1, 0.15) is 0 Å². The second-order valence-corrected chi connectivity index (χ2v) is 7.08. The minimum absolute atomic E-state index is 0.347. The molecule has 1 fully saturated rings. The SMILES string of the molecule is C[C@]12CCCCC1=C1CCCC=C1[C@H]2Nc1ccccc1. The van der Waals surface area contributed by atoms with Crippen molar-refractivity contribution in [1.29, 1.82) is 0 Å². The molecule has 1 N–H and O–H groups in total. The van der Waals surface area contributed by atoms with Crippen LogP contribution in [0.3, 0.4) is 0 Å². The summed E-state index contributed by atoms with van der Waals surface area (Å²) in [6.45, 7) is 2.51. The molecule has 0 radical (unpaired) electrons. The average molecular weight is 279 g/mol. The van der Waals surface area contributed by atoms with E-state index in [0.29, 0.717) is 11.5 Å². The van der Waals surface area contributed by atoms with Gasteiger partial charge in [-0.3, -0.25) is 0 Å². The minimum Gasteiger partial charge on any atom is -0.377 e. The maximum absolute atomic E-state index is 3.87. The first-order valence-corrected chi connectivity index (χ1v) is 8.53. The number of para-hydroxylation sites is 1. The Morgan fingerprint density at radius 1 is 1.05 bits per heavy atom. The van der Waals surface area contributed by atoms with Crippen LogP contribution in [0.5, 0.6) is 0 Å². The third-order valence-corrected chi connectivity index (χ3v) is 5.80. The number of allylic oxidation sites excluding steroid dienone is 1. The molecule has 1 aromatic carbocycles. The van der Waals surface area contributed by atoms with Crippen LogP contribution >= 0.6 is 0 Å². The van der Waals surface area contributed by atoms with Gasteiger partial charge in [0.25, 0.3) is 0 Å². The van der Waals surface area contributed by atoms with Crippen molar-refractivity contribution in [2.75, 3.05) is 5.32 Å². The molecule has 21 heavy (non-hydrogen) atoms. The van der Waals surface area contributed by atoms with E-state index >= 15 is 0 Å². The largest absolute Gasteiger partial charge is 0.377 e. The second kappa shape index (κ2) is 5.05. The molecule has 2 atom stereocenters. The zero-order chi connectivity index (χ0) is 14.3. The summed E-state index contributed by atoms with van der Waals surface area (Å²) in [4.78, 5) is 0. The van der Waals surface area contributed by atoms with E-state index in [4.69, 9.17) is 0 Å². The molecule has 4 rings (SSSR count). The van der Waals surface area contributed by atoms with Gasteiger partial charge in [-0.2, -0.15) is 0 Å². The Bertz CT molecular complexity index is 596. The molecule has 0 unspecified atom stereocenters. The van der Waals surface area contributed by atoms with Crippen LogP contribution < -0.4 is 5.32 Å². The lowest BCUT2D eigenvalue weighted by atomic mass is 9.70. The summed E-state index contributed by atoms with van der Waals surface area (Å²) < 4.78 is 0. The molecular formula is C20H25N. The fraction of sp³-hybridized carbons (Fsp3) is 0.500. The van der Waals surface area contributed by atoms with Gasteiger partial charge in [-0.1, -0.05) is 43.2 Å². The Labute approximate surface area is 128 Å². The first-order valence-electron chi connectivity index (χ1n) is 8.53. The summed E-state index contributed by atoms with van der Waals surface area (Å²) in [5.74, 6) is 0. The van der Waals surface area contributed by atoms with Crippen molar-refractivity contribution in [1.82, 2.24) is 0 Å². The summed E-state index contributed by atoms with van der Waals surface area (Å²) in [5.41, 5.74) is 6.75. The van der Waals surface area contributed by atoms with E-state index in [2.05, 4.69) is 48.6 Å². The molecule has 0 heterocycles. The summed E-state index contributed by atoms with van der Waals surface area (Å²) >= 11 is 0. The monoisotopic (exact) mass is 279 g/mol. The molecule has 0 aliphatic heterocycles. The maximum atomic E-state index is 3.87. The zero-order valence-electron chi connectivity index (χ0n) is 13.0. The quantitative estimate of drug-likeness (QED) is 0.757. The van der Waals surface area contributed by atoms with E-state index in [1.807, 2.05) is 0 Å². The van der Waals surface area contributed by atoms with Crippen molar-refractivity contribution in [3.05, 3.63) is 53.1 Å². The van der Waals surface area contributed by atoms with Gasteiger partial charge in [0.15, 0.2) is 0 Å². The summed E-state index contributed by atoms with van der Waals surface area (Å²) in [6, 6.07) is 11.2. The van der Waals surface area contributed by atoms with Crippen LogP contribution in [-0.2, 0) is 0 Å². The normalized spacial score (nSPS) is 31.5. The molecule has 0 amide bonds. The van der Waals surface area contributed by atoms with Gasteiger partial charge in [-0.15, -0.1) is 0 Å². The number of fused-ring (bicyclic) bond motifs is 2. The summed E-state index contributed by atoms with van der Waals surface area (Å²) in [5, 5.41) is 3.87. The lowest BCUT2D eigenvalue weighted by Gasteiger charge is -2.39. The fourth-order valence-electron chi connectivity index (χ4n) is 4.75. The van der Waals surface area contributed by atoms with Gasteiger partial charge in [-0.25, -0.2) is 0 Å². The fourth-order valence-corrected chi connectivity index (χ4v) is 4.75. The van der Waals surface area contributed by atoms with E-state index < -0.39 is 0 Å². The highest BCUT2D eigenvalue weighted by Crippen LogP contribution is 2.56. The van der Waals surface area contributed by atoms with Crippen molar-refractivity contribution in [3.63, 3.8) is 0 Å². The topological polar surface area (TPSA) is 12.0 Å². The molecule has 3 aliphatic carbocycles. The molecule has 0 aromatic heterocycles. The number of hydrogen-bond donors (Lipinski definition) is 1. The van der Waals surface area contributed by atoms with Gasteiger partial charge in [0, 0.05) is 11.1 Å². The number of rotatable bonds is 2. The molecule has 1 heteroatoms. The Balaban J connectivity index is 1.74. The van der Waals surface area contributed by atoms with Gasteiger partial charge >= 0.3 is 0 Å². The predicted octanol–water partition coefficient (Wildman–Crippen LogP) is 5.47. The number of hydrogen-bond acceptors (Lipinski definition) is 1. The van der Waals surface area contributed by atoms with Crippen molar-refractivity contribution < 1.29 is 0 Å². The third kappa shape index (κ3) is 2.06. The Hall–Kier alpha value is -1.50. The van der Waals surface area contributed by atoms with Crippen molar-refractivity contribution in [2.45, 2.75) is 57.9 Å². The van der Waals surface area contributed by atoms with Crippen molar-refractivity contribution in [2.24, 2.45) is 5.41 Å². The average Bonchev–Trinajstić information content (AvgIpc) is 2.78. The predicted molar refractivity (Wildman–Crippen MR) is 89.4 cm³/mol. The van der Waals surface area contributed by atoms with E-state index in [1.54, 1.807) is 16.7 Å². The van der Waals surface area contributed by atoms with Crippen molar-refractivity contribution >= 4 is 5.69 Å². The number of nitrogens with one attached hydrogen (secondary N) is 1. The van der Waals surface area contributed by atoms with Crippen LogP contribution in [0.2, 0.25) is 0 Å². The lowest BCUT2D eigenvalue weighted by molar-refractivity contribution is 0.295. The maximum Gasteiger partial charge on any atom is 0.0604 e. The van der Waals surface area contributed by atoms with Gasteiger partial charge in [-0.05, 0) is 61.8 Å². The van der Waals surface area contributed by atoms with Crippen LogP contribution in [0.1, 0.15) is 51.9 Å². The number of anilines is 1. The van der Waals surface area contributed by atoms with Gasteiger partial charge < -0.3 is 5.32 Å². The Morgan fingerprint density at radius 2 is 1.90 bits per heavy atom. The molecule has 1 saturated carbocycles. The third-order valence-electron chi connectivity index (χ3n) is 5.80. The molecule has 0 spiro atoms. The van der Waals surface area contributed by atoms with E-state index in [1.165, 1.54) is 50.6 Å². The first-order chi connectivity index (χ1) is 10.3. The van der Waals surface area contributed by atoms with Crippen LogP contribution in [0.25, 0.3) is 0 Å². The summed E-state index contributed by atoms with van der Waals surface area (Å²) in [6.07, 6.45) is 11.9. The number of benzene rings is 1. The molecule has 0 saturated heterocycles. The summed E-state index contributed by atoms with van der Waals surface area (Å²) in [7, 11) is 0.